The molecule has 0 aliphatic carbocycles. The summed E-state index contributed by atoms with van der Waals surface area (Å²) in [5.74, 6) is 0.312. The predicted molar refractivity (Wildman–Crippen MR) is 105 cm³/mol. The second-order valence-corrected chi connectivity index (χ2v) is 7.99. The Bertz CT molecular complexity index is 867. The van der Waals surface area contributed by atoms with Crippen molar-refractivity contribution in [3.8, 4) is 5.75 Å². The minimum atomic E-state index is -3.77. The fraction of sp³-hybridized carbons (Fsp3) is 0.350. The molecule has 1 N–H and O–H groups in total. The zero-order valence-corrected chi connectivity index (χ0v) is 16.8. The first-order valence-electron chi connectivity index (χ1n) is 8.92. The smallest absolute Gasteiger partial charge is 0.243 e. The maximum absolute atomic E-state index is 12.9. The molecule has 0 aliphatic heterocycles. The summed E-state index contributed by atoms with van der Waals surface area (Å²) in [6.07, 6.45) is 0. The van der Waals surface area contributed by atoms with Gasteiger partial charge >= 0.3 is 0 Å². The van der Waals surface area contributed by atoms with E-state index in [1.165, 1.54) is 10.4 Å². The molecule has 0 unspecified atom stereocenters. The number of rotatable bonds is 9. The summed E-state index contributed by atoms with van der Waals surface area (Å²) in [4.78, 5) is 12.4. The number of benzene rings is 2. The van der Waals surface area contributed by atoms with Crippen molar-refractivity contribution in [3.63, 3.8) is 0 Å². The first-order valence-corrected chi connectivity index (χ1v) is 10.4. The molecule has 27 heavy (non-hydrogen) atoms. The molecule has 0 heterocycles. The summed E-state index contributed by atoms with van der Waals surface area (Å²) in [5, 5.41) is 2.76. The molecule has 2 aromatic rings. The Labute approximate surface area is 161 Å². The van der Waals surface area contributed by atoms with E-state index in [1.54, 1.807) is 26.0 Å². The highest BCUT2D eigenvalue weighted by atomic mass is 32.2. The van der Waals surface area contributed by atoms with Gasteiger partial charge in [-0.3, -0.25) is 4.79 Å². The van der Waals surface area contributed by atoms with Crippen LogP contribution in [-0.4, -0.2) is 38.3 Å². The summed E-state index contributed by atoms with van der Waals surface area (Å²) in [5.41, 5.74) is 1.70. The summed E-state index contributed by atoms with van der Waals surface area (Å²) in [7, 11) is -3.77. The third-order valence-corrected chi connectivity index (χ3v) is 6.01. The number of hydrogen-bond acceptors (Lipinski definition) is 4. The number of likely N-dealkylation sites (N-methyl/N-ethyl adjacent to an activating group) is 1. The van der Waals surface area contributed by atoms with Crippen molar-refractivity contribution < 1.29 is 17.9 Å². The van der Waals surface area contributed by atoms with Gasteiger partial charge in [0, 0.05) is 13.1 Å². The van der Waals surface area contributed by atoms with Crippen LogP contribution in [0.3, 0.4) is 0 Å². The summed E-state index contributed by atoms with van der Waals surface area (Å²) in [6, 6.07) is 14.2. The average molecular weight is 391 g/mol. The van der Waals surface area contributed by atoms with Crippen LogP contribution < -0.4 is 10.1 Å². The number of hydrogen-bond donors (Lipinski definition) is 1. The van der Waals surface area contributed by atoms with Crippen molar-refractivity contribution in [2.24, 2.45) is 0 Å². The first kappa shape index (κ1) is 20.9. The zero-order valence-electron chi connectivity index (χ0n) is 15.9. The molecule has 0 spiro atoms. The number of sulfonamides is 1. The minimum Gasteiger partial charge on any atom is -0.494 e. The van der Waals surface area contributed by atoms with Gasteiger partial charge in [0.2, 0.25) is 15.9 Å². The molecule has 0 aromatic heterocycles. The molecule has 0 fully saturated rings. The quantitative estimate of drug-likeness (QED) is 0.714. The van der Waals surface area contributed by atoms with Crippen molar-refractivity contribution >= 4 is 15.9 Å². The largest absolute Gasteiger partial charge is 0.494 e. The van der Waals surface area contributed by atoms with Gasteiger partial charge in [0.1, 0.15) is 5.75 Å². The summed E-state index contributed by atoms with van der Waals surface area (Å²) >= 11 is 0. The molecule has 0 saturated heterocycles. The van der Waals surface area contributed by atoms with Crippen LogP contribution >= 0.6 is 0 Å². The van der Waals surface area contributed by atoms with E-state index in [0.29, 0.717) is 18.9 Å². The fourth-order valence-corrected chi connectivity index (χ4v) is 4.12. The third kappa shape index (κ3) is 5.55. The van der Waals surface area contributed by atoms with Gasteiger partial charge in [0.05, 0.1) is 18.0 Å². The highest BCUT2D eigenvalue weighted by molar-refractivity contribution is 7.89. The van der Waals surface area contributed by atoms with Crippen molar-refractivity contribution in [3.05, 3.63) is 59.7 Å². The van der Waals surface area contributed by atoms with E-state index < -0.39 is 10.0 Å². The van der Waals surface area contributed by atoms with Crippen molar-refractivity contribution in [1.82, 2.24) is 9.62 Å². The van der Waals surface area contributed by atoms with Crippen LogP contribution in [-0.2, 0) is 21.4 Å². The molecular formula is C20H26N2O4S. The molecule has 0 bridgehead atoms. The van der Waals surface area contributed by atoms with E-state index >= 15 is 0 Å². The lowest BCUT2D eigenvalue weighted by atomic mass is 10.2. The highest BCUT2D eigenvalue weighted by Crippen LogP contribution is 2.24. The molecular weight excluding hydrogens is 364 g/mol. The number of ether oxygens (including phenoxy) is 1. The maximum Gasteiger partial charge on any atom is 0.243 e. The standard InChI is InChI=1S/C20H26N2O4S/c1-4-22(15-20(23)21-14-17-9-7-6-8-10-17)27(24,25)18-11-12-19(26-5-2)16(3)13-18/h6-13H,4-5,14-15H2,1-3H3,(H,21,23). The van der Waals surface area contributed by atoms with E-state index in [0.717, 1.165) is 11.1 Å². The Morgan fingerprint density at radius 2 is 1.81 bits per heavy atom. The second-order valence-electron chi connectivity index (χ2n) is 6.05. The molecule has 6 nitrogen and oxygen atoms in total. The van der Waals surface area contributed by atoms with E-state index in [1.807, 2.05) is 37.3 Å². The Morgan fingerprint density at radius 1 is 1.11 bits per heavy atom. The number of nitrogens with one attached hydrogen (secondary N) is 1. The summed E-state index contributed by atoms with van der Waals surface area (Å²) < 4.78 is 32.4. The van der Waals surface area contributed by atoms with Crippen LogP contribution in [0.4, 0.5) is 0 Å². The topological polar surface area (TPSA) is 75.7 Å². The molecule has 0 radical (unpaired) electrons. The Kier molecular flexibility index (Phi) is 7.38. The average Bonchev–Trinajstić information content (AvgIpc) is 2.66. The van der Waals surface area contributed by atoms with Gasteiger partial charge in [-0.25, -0.2) is 8.42 Å². The Morgan fingerprint density at radius 3 is 2.41 bits per heavy atom. The number of nitrogens with zero attached hydrogens (tertiary/aromatic N) is 1. The van der Waals surface area contributed by atoms with Gasteiger partial charge in [-0.15, -0.1) is 0 Å². The maximum atomic E-state index is 12.9. The van der Waals surface area contributed by atoms with Crippen LogP contribution in [0.5, 0.6) is 5.75 Å². The van der Waals surface area contributed by atoms with Crippen LogP contribution in [0.2, 0.25) is 0 Å². The van der Waals surface area contributed by atoms with Crippen LogP contribution in [0.15, 0.2) is 53.4 Å². The number of aryl methyl sites for hydroxylation is 1. The minimum absolute atomic E-state index is 0.154. The molecule has 146 valence electrons. The Balaban J connectivity index is 2.08. The lowest BCUT2D eigenvalue weighted by Crippen LogP contribution is -2.40. The monoisotopic (exact) mass is 390 g/mol. The van der Waals surface area contributed by atoms with Gasteiger partial charge in [-0.2, -0.15) is 4.31 Å². The van der Waals surface area contributed by atoms with E-state index in [-0.39, 0.29) is 23.9 Å². The molecule has 0 saturated carbocycles. The second kappa shape index (κ2) is 9.53. The van der Waals surface area contributed by atoms with Gasteiger partial charge < -0.3 is 10.1 Å². The lowest BCUT2D eigenvalue weighted by Gasteiger charge is -2.20. The Hall–Kier alpha value is -2.38. The number of carbonyl (C=O) groups is 1. The van der Waals surface area contributed by atoms with Crippen molar-refractivity contribution in [2.75, 3.05) is 19.7 Å². The van der Waals surface area contributed by atoms with Crippen molar-refractivity contribution in [2.45, 2.75) is 32.2 Å². The van der Waals surface area contributed by atoms with Gasteiger partial charge in [-0.1, -0.05) is 37.3 Å². The van der Waals surface area contributed by atoms with Crippen LogP contribution in [0.25, 0.3) is 0 Å². The number of carbonyl (C=O) groups excluding carboxylic acids is 1. The van der Waals surface area contributed by atoms with E-state index in [9.17, 15) is 13.2 Å². The normalized spacial score (nSPS) is 11.4. The fourth-order valence-electron chi connectivity index (χ4n) is 2.63. The van der Waals surface area contributed by atoms with Crippen molar-refractivity contribution in [1.29, 1.82) is 0 Å². The van der Waals surface area contributed by atoms with Gasteiger partial charge in [0.15, 0.2) is 0 Å². The predicted octanol–water partition coefficient (Wildman–Crippen LogP) is 2.72. The van der Waals surface area contributed by atoms with Gasteiger partial charge in [-0.05, 0) is 43.2 Å². The van der Waals surface area contributed by atoms with Gasteiger partial charge in [0.25, 0.3) is 0 Å². The third-order valence-electron chi connectivity index (χ3n) is 4.09. The highest BCUT2D eigenvalue weighted by Gasteiger charge is 2.25. The molecule has 7 heteroatoms. The summed E-state index contributed by atoms with van der Waals surface area (Å²) in [6.45, 7) is 6.23. The lowest BCUT2D eigenvalue weighted by molar-refractivity contribution is -0.121. The number of amides is 1. The first-order chi connectivity index (χ1) is 12.9. The molecule has 1 amide bonds. The van der Waals surface area contributed by atoms with Crippen LogP contribution in [0, 0.1) is 6.92 Å². The van der Waals surface area contributed by atoms with Crippen LogP contribution in [0.1, 0.15) is 25.0 Å². The zero-order chi connectivity index (χ0) is 19.9. The molecule has 0 aliphatic rings. The molecule has 2 rings (SSSR count). The SMILES string of the molecule is CCOc1ccc(S(=O)(=O)N(CC)CC(=O)NCc2ccccc2)cc1C. The molecule has 2 aromatic carbocycles. The molecule has 0 atom stereocenters. The van der Waals surface area contributed by atoms with E-state index in [4.69, 9.17) is 4.74 Å². The van der Waals surface area contributed by atoms with E-state index in [2.05, 4.69) is 5.32 Å².